The molecule has 0 aliphatic carbocycles. The van der Waals surface area contributed by atoms with Crippen molar-refractivity contribution in [1.82, 2.24) is 4.90 Å². The number of carboxylic acid groups (broad SMARTS) is 1. The molecule has 2 atom stereocenters. The Morgan fingerprint density at radius 3 is 2.47 bits per heavy atom. The van der Waals surface area contributed by atoms with Crippen LogP contribution in [0.1, 0.15) is 36.0 Å². The minimum atomic E-state index is -4.73. The third kappa shape index (κ3) is 7.62. The second-order valence-electron chi connectivity index (χ2n) is 8.31. The summed E-state index contributed by atoms with van der Waals surface area (Å²) < 4.78 is 49.2. The number of benzene rings is 2. The van der Waals surface area contributed by atoms with E-state index in [1.54, 1.807) is 42.5 Å². The smallest absolute Gasteiger partial charge is 0.425 e. The first-order chi connectivity index (χ1) is 16.6. The Morgan fingerprint density at radius 1 is 1.14 bits per heavy atom. The minimum Gasteiger partial charge on any atom is -0.494 e. The van der Waals surface area contributed by atoms with Gasteiger partial charge in [0.2, 0.25) is 5.00 Å². The summed E-state index contributed by atoms with van der Waals surface area (Å²) in [6.07, 6.45) is -4.57. The Balaban J connectivity index is 0.00000456. The zero-order valence-electron chi connectivity index (χ0n) is 19.6. The molecule has 3 aromatic rings. The van der Waals surface area contributed by atoms with Crippen LogP contribution in [0, 0.1) is 0 Å². The first kappa shape index (κ1) is 30.0. The molecule has 0 saturated heterocycles. The van der Waals surface area contributed by atoms with E-state index in [9.17, 15) is 18.0 Å². The molecular weight excluding hydrogens is 534 g/mol. The van der Waals surface area contributed by atoms with Crippen molar-refractivity contribution in [3.05, 3.63) is 88.1 Å². The van der Waals surface area contributed by atoms with Gasteiger partial charge in [-0.05, 0) is 58.0 Å². The fourth-order valence-corrected chi connectivity index (χ4v) is 4.97. The Morgan fingerprint density at radius 2 is 1.86 bits per heavy atom. The zero-order chi connectivity index (χ0) is 25.5. The van der Waals surface area contributed by atoms with E-state index >= 15 is 0 Å². The lowest BCUT2D eigenvalue weighted by molar-refractivity contribution is -0.206. The van der Waals surface area contributed by atoms with Crippen molar-refractivity contribution >= 4 is 41.3 Å². The number of thiophene rings is 1. The van der Waals surface area contributed by atoms with Gasteiger partial charge in [-0.3, -0.25) is 9.69 Å². The van der Waals surface area contributed by atoms with Crippen LogP contribution in [0.4, 0.5) is 13.2 Å². The molecular formula is C26H28Cl2F3NO3S. The summed E-state index contributed by atoms with van der Waals surface area (Å²) in [6.45, 7) is 2.18. The van der Waals surface area contributed by atoms with Crippen LogP contribution in [0.3, 0.4) is 0 Å². The molecule has 0 saturated carbocycles. The van der Waals surface area contributed by atoms with Crippen LogP contribution in [0.5, 0.6) is 5.75 Å². The highest BCUT2D eigenvalue weighted by atomic mass is 35.5. The average Bonchev–Trinajstić information content (AvgIpc) is 3.35. The fraction of sp³-hybridized carbons (Fsp3) is 0.346. The molecule has 0 aliphatic rings. The lowest BCUT2D eigenvalue weighted by Crippen LogP contribution is -2.53. The van der Waals surface area contributed by atoms with Crippen LogP contribution in [0.2, 0.25) is 0 Å². The lowest BCUT2D eigenvalue weighted by atomic mass is 9.99. The van der Waals surface area contributed by atoms with E-state index in [4.69, 9.17) is 21.4 Å². The molecule has 0 spiro atoms. The molecule has 2 aromatic carbocycles. The molecule has 0 bridgehead atoms. The number of hydrogen-bond acceptors (Lipinski definition) is 4. The summed E-state index contributed by atoms with van der Waals surface area (Å²) >= 11 is 7.98. The molecule has 0 amide bonds. The molecule has 3 rings (SSSR count). The number of aliphatic carboxylic acids is 1. The highest BCUT2D eigenvalue weighted by molar-refractivity contribution is 7.08. The molecule has 4 nitrogen and oxygen atoms in total. The summed E-state index contributed by atoms with van der Waals surface area (Å²) in [6, 6.07) is 16.1. The molecule has 0 radical (unpaired) electrons. The van der Waals surface area contributed by atoms with E-state index in [2.05, 4.69) is 0 Å². The molecule has 1 aromatic heterocycles. The summed E-state index contributed by atoms with van der Waals surface area (Å²) in [7, 11) is 0. The highest BCUT2D eigenvalue weighted by Gasteiger charge is 2.58. The van der Waals surface area contributed by atoms with Gasteiger partial charge in [0, 0.05) is 13.1 Å². The second kappa shape index (κ2) is 13.3. The van der Waals surface area contributed by atoms with Gasteiger partial charge in [0.25, 0.3) is 0 Å². The van der Waals surface area contributed by atoms with Crippen molar-refractivity contribution in [2.45, 2.75) is 36.9 Å². The fourth-order valence-electron chi connectivity index (χ4n) is 3.91. The van der Waals surface area contributed by atoms with Gasteiger partial charge in [-0.1, -0.05) is 61.0 Å². The van der Waals surface area contributed by atoms with Crippen molar-refractivity contribution < 1.29 is 27.8 Å². The van der Waals surface area contributed by atoms with Gasteiger partial charge in [-0.2, -0.15) is 24.5 Å². The van der Waals surface area contributed by atoms with Gasteiger partial charge in [-0.15, -0.1) is 12.4 Å². The topological polar surface area (TPSA) is 49.8 Å². The van der Waals surface area contributed by atoms with Crippen LogP contribution in [0.25, 0.3) is 0 Å². The van der Waals surface area contributed by atoms with Gasteiger partial charge in [0.1, 0.15) is 5.75 Å². The van der Waals surface area contributed by atoms with E-state index in [0.29, 0.717) is 11.3 Å². The number of nitrogens with zero attached hydrogens (tertiary/aromatic N) is 1. The van der Waals surface area contributed by atoms with Gasteiger partial charge in [0.15, 0.2) is 0 Å². The molecule has 1 heterocycles. The van der Waals surface area contributed by atoms with Crippen molar-refractivity contribution in [1.29, 1.82) is 0 Å². The monoisotopic (exact) mass is 561 g/mol. The number of rotatable bonds is 12. The predicted octanol–water partition coefficient (Wildman–Crippen LogP) is 7.33. The van der Waals surface area contributed by atoms with Crippen molar-refractivity contribution in [2.75, 3.05) is 19.7 Å². The SMILES string of the molecule is CC(CN(CCCOc1cccc(CC(=O)O)c1)C(Cl)(c1ccccc1)C(F)(F)F)c1ccsc1.Cl. The van der Waals surface area contributed by atoms with Crippen LogP contribution >= 0.6 is 35.3 Å². The van der Waals surface area contributed by atoms with Crippen molar-refractivity contribution in [3.63, 3.8) is 0 Å². The lowest BCUT2D eigenvalue weighted by Gasteiger charge is -2.42. The maximum Gasteiger partial charge on any atom is 0.425 e. The summed E-state index contributed by atoms with van der Waals surface area (Å²) in [5.74, 6) is -0.652. The van der Waals surface area contributed by atoms with E-state index in [1.807, 2.05) is 23.8 Å². The van der Waals surface area contributed by atoms with Crippen molar-refractivity contribution in [2.24, 2.45) is 0 Å². The van der Waals surface area contributed by atoms with Crippen LogP contribution < -0.4 is 4.74 Å². The van der Waals surface area contributed by atoms with Crippen LogP contribution in [-0.4, -0.2) is 41.8 Å². The highest BCUT2D eigenvalue weighted by Crippen LogP contribution is 2.48. The summed E-state index contributed by atoms with van der Waals surface area (Å²) in [5.41, 5.74) is 1.51. The standard InChI is InChI=1S/C26H27ClF3NO3S.ClH/c1-19(21-11-14-35-18-21)17-31(25(27,26(28,29)30)22-8-3-2-4-9-22)12-6-13-34-23-10-5-7-20(15-23)16-24(32)33;/h2-5,7-11,14-15,18-19H,6,12-13,16-17H2,1H3,(H,32,33);1H. The van der Waals surface area contributed by atoms with E-state index in [1.165, 1.54) is 28.4 Å². The first-order valence-electron chi connectivity index (χ1n) is 11.1. The van der Waals surface area contributed by atoms with Gasteiger partial charge >= 0.3 is 12.1 Å². The number of ether oxygens (including phenoxy) is 1. The largest absolute Gasteiger partial charge is 0.494 e. The number of hydrogen-bond donors (Lipinski definition) is 1. The molecule has 2 unspecified atom stereocenters. The normalized spacial score (nSPS) is 14.1. The zero-order valence-corrected chi connectivity index (χ0v) is 22.0. The van der Waals surface area contributed by atoms with Crippen LogP contribution in [-0.2, 0) is 16.2 Å². The molecule has 196 valence electrons. The Labute approximate surface area is 224 Å². The predicted molar refractivity (Wildman–Crippen MR) is 139 cm³/mol. The van der Waals surface area contributed by atoms with Crippen LogP contribution in [0.15, 0.2) is 71.4 Å². The molecule has 0 aliphatic heterocycles. The average molecular weight is 562 g/mol. The molecule has 1 N–H and O–H groups in total. The second-order valence-corrected chi connectivity index (χ2v) is 9.64. The van der Waals surface area contributed by atoms with Gasteiger partial charge < -0.3 is 9.84 Å². The van der Waals surface area contributed by atoms with E-state index < -0.39 is 17.1 Å². The number of alkyl halides is 4. The number of halogens is 5. The minimum absolute atomic E-state index is 0. The van der Waals surface area contributed by atoms with E-state index in [0.717, 1.165) is 5.56 Å². The quantitative estimate of drug-likeness (QED) is 0.143. The van der Waals surface area contributed by atoms with E-state index in [-0.39, 0.29) is 56.4 Å². The number of carbonyl (C=O) groups is 1. The summed E-state index contributed by atoms with van der Waals surface area (Å²) in [5, 5.41) is 12.8. The Hall–Kier alpha value is -2.26. The van der Waals surface area contributed by atoms with Gasteiger partial charge in [-0.25, -0.2) is 0 Å². The molecule has 36 heavy (non-hydrogen) atoms. The molecule has 10 heteroatoms. The Bertz CT molecular complexity index is 1080. The third-order valence-electron chi connectivity index (χ3n) is 5.67. The summed E-state index contributed by atoms with van der Waals surface area (Å²) in [4.78, 5) is 9.51. The maximum atomic E-state index is 14.5. The number of carboxylic acids is 1. The molecule has 0 fully saturated rings. The Kier molecular flexibility index (Phi) is 11.1. The third-order valence-corrected chi connectivity index (χ3v) is 7.04. The maximum absolute atomic E-state index is 14.5. The van der Waals surface area contributed by atoms with Gasteiger partial charge in [0.05, 0.1) is 13.0 Å². The van der Waals surface area contributed by atoms with Crippen molar-refractivity contribution in [3.8, 4) is 5.75 Å². The first-order valence-corrected chi connectivity index (χ1v) is 12.4.